The Labute approximate surface area is 129 Å². The largest absolute Gasteiger partial charge is 0.496 e. The van der Waals surface area contributed by atoms with Gasteiger partial charge in [-0.15, -0.1) is 0 Å². The Bertz CT molecular complexity index is 794. The zero-order valence-corrected chi connectivity index (χ0v) is 12.3. The average Bonchev–Trinajstić information content (AvgIpc) is 2.59. The predicted octanol–water partition coefficient (Wildman–Crippen LogP) is 4.11. The molecule has 3 rings (SSSR count). The first kappa shape index (κ1) is 14.1. The van der Waals surface area contributed by atoms with Crippen molar-refractivity contribution in [2.75, 3.05) is 13.7 Å². The Kier molecular flexibility index (Phi) is 4.05. The summed E-state index contributed by atoms with van der Waals surface area (Å²) < 4.78 is 10.9. The maximum absolute atomic E-state index is 12.5. The van der Waals surface area contributed by atoms with Crippen LogP contribution in [0.15, 0.2) is 66.7 Å². The summed E-state index contributed by atoms with van der Waals surface area (Å²) in [6, 6.07) is 20.7. The van der Waals surface area contributed by atoms with E-state index in [-0.39, 0.29) is 12.4 Å². The van der Waals surface area contributed by atoms with E-state index in [1.807, 2.05) is 60.7 Å². The van der Waals surface area contributed by atoms with E-state index in [9.17, 15) is 4.79 Å². The van der Waals surface area contributed by atoms with Crippen LogP contribution in [0, 0.1) is 0 Å². The second kappa shape index (κ2) is 6.31. The van der Waals surface area contributed by atoms with Gasteiger partial charge in [-0.2, -0.15) is 0 Å². The summed E-state index contributed by atoms with van der Waals surface area (Å²) in [7, 11) is 1.63. The molecule has 22 heavy (non-hydrogen) atoms. The first-order valence-electron chi connectivity index (χ1n) is 7.06. The van der Waals surface area contributed by atoms with Crippen LogP contribution in [0.1, 0.15) is 10.4 Å². The second-order valence-electron chi connectivity index (χ2n) is 4.89. The molecule has 0 unspecified atom stereocenters. The van der Waals surface area contributed by atoms with E-state index >= 15 is 0 Å². The van der Waals surface area contributed by atoms with Crippen LogP contribution in [0.5, 0.6) is 11.5 Å². The van der Waals surface area contributed by atoms with Crippen molar-refractivity contribution in [2.24, 2.45) is 0 Å². The van der Waals surface area contributed by atoms with Crippen molar-refractivity contribution in [3.8, 4) is 11.5 Å². The number of hydrogen-bond donors (Lipinski definition) is 0. The summed E-state index contributed by atoms with van der Waals surface area (Å²) in [6.45, 7) is 0.0142. The van der Waals surface area contributed by atoms with Gasteiger partial charge in [0.15, 0.2) is 6.61 Å². The van der Waals surface area contributed by atoms with E-state index in [0.717, 1.165) is 16.5 Å². The van der Waals surface area contributed by atoms with Crippen LogP contribution in [0.4, 0.5) is 0 Å². The highest BCUT2D eigenvalue weighted by Crippen LogP contribution is 2.28. The highest BCUT2D eigenvalue weighted by molar-refractivity contribution is 6.10. The lowest BCUT2D eigenvalue weighted by atomic mass is 10.0. The van der Waals surface area contributed by atoms with Crippen molar-refractivity contribution < 1.29 is 14.3 Å². The number of para-hydroxylation sites is 1. The molecule has 0 fully saturated rings. The number of rotatable bonds is 5. The van der Waals surface area contributed by atoms with Gasteiger partial charge in [0.25, 0.3) is 0 Å². The van der Waals surface area contributed by atoms with Gasteiger partial charge in [-0.1, -0.05) is 42.5 Å². The van der Waals surface area contributed by atoms with Gasteiger partial charge in [-0.3, -0.25) is 4.79 Å². The van der Waals surface area contributed by atoms with Crippen molar-refractivity contribution in [1.82, 2.24) is 0 Å². The Morgan fingerprint density at radius 1 is 0.864 bits per heavy atom. The van der Waals surface area contributed by atoms with E-state index in [1.165, 1.54) is 0 Å². The third-order valence-electron chi connectivity index (χ3n) is 3.52. The maximum Gasteiger partial charge on any atom is 0.200 e. The number of carbonyl (C=O) groups excluding carboxylic acids is 1. The summed E-state index contributed by atoms with van der Waals surface area (Å²) >= 11 is 0. The Morgan fingerprint density at radius 3 is 2.27 bits per heavy atom. The molecule has 0 saturated carbocycles. The van der Waals surface area contributed by atoms with Crippen molar-refractivity contribution in [3.63, 3.8) is 0 Å². The summed E-state index contributed by atoms with van der Waals surface area (Å²) in [5, 5.41) is 1.80. The van der Waals surface area contributed by atoms with Crippen LogP contribution in [0.25, 0.3) is 10.8 Å². The molecule has 0 heterocycles. The van der Waals surface area contributed by atoms with E-state index in [2.05, 4.69) is 0 Å². The van der Waals surface area contributed by atoms with Gasteiger partial charge in [-0.05, 0) is 29.7 Å². The van der Waals surface area contributed by atoms with Gasteiger partial charge in [0.2, 0.25) is 5.78 Å². The quantitative estimate of drug-likeness (QED) is 0.664. The molecule has 0 aliphatic rings. The Balaban J connectivity index is 1.88. The lowest BCUT2D eigenvalue weighted by Crippen LogP contribution is -2.12. The van der Waals surface area contributed by atoms with Crippen molar-refractivity contribution in [2.45, 2.75) is 0 Å². The normalized spacial score (nSPS) is 10.4. The van der Waals surface area contributed by atoms with Gasteiger partial charge in [0, 0.05) is 10.9 Å². The SMILES string of the molecule is COc1ccc(C(=O)COc2ccccc2)c2ccccc12. The first-order chi connectivity index (χ1) is 10.8. The van der Waals surface area contributed by atoms with Crippen molar-refractivity contribution in [3.05, 3.63) is 72.3 Å². The third-order valence-corrected chi connectivity index (χ3v) is 3.52. The lowest BCUT2D eigenvalue weighted by Gasteiger charge is -2.10. The van der Waals surface area contributed by atoms with Gasteiger partial charge >= 0.3 is 0 Å². The van der Waals surface area contributed by atoms with Crippen LogP contribution in [-0.4, -0.2) is 19.5 Å². The maximum atomic E-state index is 12.5. The molecule has 0 radical (unpaired) electrons. The fourth-order valence-corrected chi connectivity index (χ4v) is 2.44. The fourth-order valence-electron chi connectivity index (χ4n) is 2.44. The Morgan fingerprint density at radius 2 is 1.55 bits per heavy atom. The molecule has 0 aromatic heterocycles. The van der Waals surface area contributed by atoms with Gasteiger partial charge in [-0.25, -0.2) is 0 Å². The van der Waals surface area contributed by atoms with Crippen LogP contribution in [0.2, 0.25) is 0 Å². The van der Waals surface area contributed by atoms with Gasteiger partial charge in [0.1, 0.15) is 11.5 Å². The molecule has 0 saturated heterocycles. The monoisotopic (exact) mass is 292 g/mol. The number of carbonyl (C=O) groups is 1. The summed E-state index contributed by atoms with van der Waals surface area (Å²) in [5.41, 5.74) is 0.646. The van der Waals surface area contributed by atoms with Crippen molar-refractivity contribution in [1.29, 1.82) is 0 Å². The number of benzene rings is 3. The molecular weight excluding hydrogens is 276 g/mol. The second-order valence-corrected chi connectivity index (χ2v) is 4.89. The van der Waals surface area contributed by atoms with E-state index in [1.54, 1.807) is 13.2 Å². The molecule has 0 atom stereocenters. The third kappa shape index (κ3) is 2.79. The minimum Gasteiger partial charge on any atom is -0.496 e. The predicted molar refractivity (Wildman–Crippen MR) is 86.8 cm³/mol. The standard InChI is InChI=1S/C19H16O3/c1-21-19-12-11-16(15-9-5-6-10-17(15)19)18(20)13-22-14-7-3-2-4-8-14/h2-12H,13H2,1H3. The molecule has 110 valence electrons. The zero-order valence-electron chi connectivity index (χ0n) is 12.3. The highest BCUT2D eigenvalue weighted by Gasteiger charge is 2.13. The number of ether oxygens (including phenoxy) is 2. The molecule has 3 nitrogen and oxygen atoms in total. The van der Waals surface area contributed by atoms with Crippen LogP contribution < -0.4 is 9.47 Å². The molecule has 3 aromatic rings. The number of methoxy groups -OCH3 is 1. The summed E-state index contributed by atoms with van der Waals surface area (Å²) in [6.07, 6.45) is 0. The molecule has 0 amide bonds. The first-order valence-corrected chi connectivity index (χ1v) is 7.06. The minimum absolute atomic E-state index is 0.0142. The molecule has 0 N–H and O–H groups in total. The van der Waals surface area contributed by atoms with Crippen LogP contribution in [0.3, 0.4) is 0 Å². The minimum atomic E-state index is -0.0530. The van der Waals surface area contributed by atoms with Crippen LogP contribution in [-0.2, 0) is 0 Å². The molecule has 0 bridgehead atoms. The van der Waals surface area contributed by atoms with Gasteiger partial charge < -0.3 is 9.47 Å². The molecule has 0 aliphatic carbocycles. The lowest BCUT2D eigenvalue weighted by molar-refractivity contribution is 0.0923. The van der Waals surface area contributed by atoms with E-state index in [4.69, 9.17) is 9.47 Å². The zero-order chi connectivity index (χ0) is 15.4. The van der Waals surface area contributed by atoms with E-state index < -0.39 is 0 Å². The molecular formula is C19H16O3. The van der Waals surface area contributed by atoms with Gasteiger partial charge in [0.05, 0.1) is 7.11 Å². The average molecular weight is 292 g/mol. The van der Waals surface area contributed by atoms with E-state index in [0.29, 0.717) is 11.3 Å². The topological polar surface area (TPSA) is 35.5 Å². The van der Waals surface area contributed by atoms with Crippen molar-refractivity contribution >= 4 is 16.6 Å². The summed E-state index contributed by atoms with van der Waals surface area (Å²) in [4.78, 5) is 12.5. The fraction of sp³-hybridized carbons (Fsp3) is 0.105. The van der Waals surface area contributed by atoms with Crippen LogP contribution >= 0.6 is 0 Å². The smallest absolute Gasteiger partial charge is 0.200 e. The Hall–Kier alpha value is -2.81. The molecule has 0 spiro atoms. The molecule has 0 aliphatic heterocycles. The number of ketones is 1. The molecule has 3 aromatic carbocycles. The number of Topliss-reactive ketones (excluding diaryl/α,β-unsaturated/α-hetero) is 1. The number of fused-ring (bicyclic) bond motifs is 1. The molecule has 3 heteroatoms. The summed E-state index contributed by atoms with van der Waals surface area (Å²) in [5.74, 6) is 1.40. The highest BCUT2D eigenvalue weighted by atomic mass is 16.5. The number of hydrogen-bond acceptors (Lipinski definition) is 3.